The molecule has 4 rings (SSSR count). The van der Waals surface area contributed by atoms with E-state index in [4.69, 9.17) is 14.6 Å². The molecule has 234 valence electrons. The molecule has 1 aliphatic rings. The van der Waals surface area contributed by atoms with E-state index >= 15 is 8.78 Å². The van der Waals surface area contributed by atoms with Crippen LogP contribution in [0.5, 0.6) is 5.75 Å². The second kappa shape index (κ2) is 13.8. The van der Waals surface area contributed by atoms with Crippen molar-refractivity contribution in [2.75, 3.05) is 40.0 Å². The average Bonchev–Trinajstić information content (AvgIpc) is 3.28. The van der Waals surface area contributed by atoms with E-state index < -0.39 is 29.3 Å². The molecule has 2 heterocycles. The topological polar surface area (TPSA) is 95.1 Å². The Labute approximate surface area is 249 Å². The number of aliphatic carboxylic acids is 1. The highest BCUT2D eigenvalue weighted by Crippen LogP contribution is 2.43. The number of unbranched alkanes of at least 4 members (excludes halogenated alkanes) is 1. The largest absolute Gasteiger partial charge is 0.492 e. The highest BCUT2D eigenvalue weighted by Gasteiger charge is 2.41. The van der Waals surface area contributed by atoms with Crippen LogP contribution in [0.15, 0.2) is 36.4 Å². The zero-order chi connectivity index (χ0) is 31.3. The number of carbonyl (C=O) groups is 2. The zero-order valence-corrected chi connectivity index (χ0v) is 25.1. The van der Waals surface area contributed by atoms with Gasteiger partial charge < -0.3 is 24.5 Å². The summed E-state index contributed by atoms with van der Waals surface area (Å²) in [7, 11) is 1.61. The summed E-state index contributed by atoms with van der Waals surface area (Å²) in [5.74, 6) is -2.77. The monoisotopic (exact) mass is 603 g/mol. The Bertz CT molecular complexity index is 1410. The third-order valence-electron chi connectivity index (χ3n) is 7.68. The summed E-state index contributed by atoms with van der Waals surface area (Å²) >= 11 is 0. The van der Waals surface area contributed by atoms with Crippen molar-refractivity contribution in [1.29, 1.82) is 0 Å². The summed E-state index contributed by atoms with van der Waals surface area (Å²) < 4.78 is 57.2. The number of alkyl halides is 1. The molecule has 2 atom stereocenters. The van der Waals surface area contributed by atoms with Gasteiger partial charge in [0.25, 0.3) is 0 Å². The first-order chi connectivity index (χ1) is 20.4. The van der Waals surface area contributed by atoms with Crippen molar-refractivity contribution in [3.63, 3.8) is 0 Å². The van der Waals surface area contributed by atoms with Crippen LogP contribution in [0.1, 0.15) is 62.9 Å². The number of H-pyrrole nitrogens is 1. The number of likely N-dealkylation sites (N-methyl/N-ethyl adjacent to an activating group) is 1. The molecule has 43 heavy (non-hydrogen) atoms. The number of hydrogen-bond acceptors (Lipinski definition) is 5. The van der Waals surface area contributed by atoms with Crippen molar-refractivity contribution in [3.05, 3.63) is 64.9 Å². The normalized spacial score (nSPS) is 17.2. The van der Waals surface area contributed by atoms with Crippen LogP contribution in [-0.4, -0.2) is 83.4 Å². The Balaban J connectivity index is 1.46. The number of hydrogen-bond donors (Lipinski definition) is 2. The first-order valence-corrected chi connectivity index (χ1v) is 14.5. The summed E-state index contributed by atoms with van der Waals surface area (Å²) in [5.41, 5.74) is 0.723. The van der Waals surface area contributed by atoms with E-state index in [9.17, 15) is 14.0 Å². The predicted molar refractivity (Wildman–Crippen MR) is 157 cm³/mol. The fraction of sp³-hybridized carbons (Fsp3) is 0.500. The average molecular weight is 604 g/mol. The van der Waals surface area contributed by atoms with Crippen molar-refractivity contribution in [1.82, 2.24) is 14.8 Å². The van der Waals surface area contributed by atoms with E-state index in [0.29, 0.717) is 25.0 Å². The number of carbonyl (C=O) groups excluding carboxylic acids is 1. The molecular weight excluding hydrogens is 563 g/mol. The smallest absolute Gasteiger partial charge is 0.329 e. The van der Waals surface area contributed by atoms with Gasteiger partial charge in [-0.15, -0.1) is 0 Å². The zero-order valence-electron chi connectivity index (χ0n) is 25.1. The van der Waals surface area contributed by atoms with Gasteiger partial charge >= 0.3 is 5.97 Å². The lowest BCUT2D eigenvalue weighted by molar-refractivity contribution is -0.142. The second-order valence-electron chi connectivity index (χ2n) is 11.8. The number of ether oxygens (including phenoxy) is 2. The summed E-state index contributed by atoms with van der Waals surface area (Å²) in [6, 6.07) is 8.94. The minimum absolute atomic E-state index is 0.00622. The van der Waals surface area contributed by atoms with Gasteiger partial charge in [-0.05, 0) is 51.7 Å². The third kappa shape index (κ3) is 8.08. The lowest BCUT2D eigenvalue weighted by Crippen LogP contribution is -2.48. The number of nitrogens with one attached hydrogen (secondary N) is 1. The van der Waals surface area contributed by atoms with Crippen LogP contribution in [-0.2, 0) is 20.7 Å². The standard InChI is InChI=1S/C32H40F3N3O5/c1-20-15-23-22-9-5-6-10-26(22)36-30(23)31(38(20)19-32(2,3)35)29-24(33)16-21(17-25(29)34)43-14-12-37(4)27(39)11-7-8-13-42-18-28(40)41/h5-6,9-10,16-17,20,31,36H,7-8,11-15,18-19H2,1-4H3,(H,40,41)/t20-,31-/m1/s1. The highest BCUT2D eigenvalue weighted by atomic mass is 19.1. The molecule has 0 saturated heterocycles. The van der Waals surface area contributed by atoms with E-state index in [1.807, 2.05) is 36.1 Å². The maximum Gasteiger partial charge on any atom is 0.329 e. The molecular formula is C32H40F3N3O5. The molecule has 0 unspecified atom stereocenters. The number of benzene rings is 2. The van der Waals surface area contributed by atoms with Crippen LogP contribution in [0.25, 0.3) is 10.9 Å². The first kappa shape index (κ1) is 32.3. The number of para-hydroxylation sites is 1. The number of halogens is 3. The number of rotatable bonds is 14. The molecule has 8 nitrogen and oxygen atoms in total. The van der Waals surface area contributed by atoms with Crippen molar-refractivity contribution < 1.29 is 37.3 Å². The van der Waals surface area contributed by atoms with E-state index in [-0.39, 0.29) is 62.6 Å². The van der Waals surface area contributed by atoms with E-state index in [1.165, 1.54) is 18.7 Å². The summed E-state index contributed by atoms with van der Waals surface area (Å²) in [6.45, 7) is 4.96. The van der Waals surface area contributed by atoms with Gasteiger partial charge in [-0.25, -0.2) is 18.0 Å². The number of amides is 1. The molecule has 0 fully saturated rings. The van der Waals surface area contributed by atoms with Crippen molar-refractivity contribution in [2.45, 2.75) is 64.2 Å². The van der Waals surface area contributed by atoms with Gasteiger partial charge in [-0.1, -0.05) is 18.2 Å². The fourth-order valence-corrected chi connectivity index (χ4v) is 5.66. The Morgan fingerprint density at radius 2 is 1.84 bits per heavy atom. The lowest BCUT2D eigenvalue weighted by atomic mass is 9.87. The van der Waals surface area contributed by atoms with Gasteiger partial charge in [0.1, 0.15) is 36.3 Å². The molecule has 2 N–H and O–H groups in total. The molecule has 0 bridgehead atoms. The Kier molecular flexibility index (Phi) is 10.4. The van der Waals surface area contributed by atoms with Gasteiger partial charge in [0.05, 0.1) is 12.6 Å². The van der Waals surface area contributed by atoms with Gasteiger partial charge in [0.15, 0.2) is 0 Å². The molecule has 0 spiro atoms. The number of carboxylic acids is 1. The molecule has 1 aliphatic heterocycles. The number of aromatic nitrogens is 1. The Morgan fingerprint density at radius 1 is 1.14 bits per heavy atom. The summed E-state index contributed by atoms with van der Waals surface area (Å²) in [6.07, 6.45) is 1.96. The van der Waals surface area contributed by atoms with Crippen molar-refractivity contribution in [2.24, 2.45) is 0 Å². The SMILES string of the molecule is C[C@@H]1Cc2c([nH]c3ccccc23)[C@@H](c2c(F)cc(OCCN(C)C(=O)CCCCOCC(=O)O)cc2F)N1CC(C)(C)F. The van der Waals surface area contributed by atoms with Gasteiger partial charge in [-0.3, -0.25) is 9.69 Å². The summed E-state index contributed by atoms with van der Waals surface area (Å²) in [4.78, 5) is 29.5. The molecule has 0 saturated carbocycles. The van der Waals surface area contributed by atoms with E-state index in [0.717, 1.165) is 28.6 Å². The Hall–Kier alpha value is -3.57. The van der Waals surface area contributed by atoms with E-state index in [1.54, 1.807) is 7.05 Å². The lowest BCUT2D eigenvalue weighted by Gasteiger charge is -2.43. The first-order valence-electron chi connectivity index (χ1n) is 14.5. The highest BCUT2D eigenvalue weighted by molar-refractivity contribution is 5.85. The molecule has 0 radical (unpaired) electrons. The predicted octanol–water partition coefficient (Wildman–Crippen LogP) is 5.64. The number of aromatic amines is 1. The fourth-order valence-electron chi connectivity index (χ4n) is 5.66. The van der Waals surface area contributed by atoms with Crippen LogP contribution in [0.4, 0.5) is 13.2 Å². The third-order valence-corrected chi connectivity index (χ3v) is 7.68. The molecule has 3 aromatic rings. The van der Waals surface area contributed by atoms with E-state index in [2.05, 4.69) is 4.98 Å². The number of carboxylic acid groups (broad SMARTS) is 1. The van der Waals surface area contributed by atoms with Crippen LogP contribution < -0.4 is 4.74 Å². The number of fused-ring (bicyclic) bond motifs is 3. The van der Waals surface area contributed by atoms with Gasteiger partial charge in [0.2, 0.25) is 5.91 Å². The van der Waals surface area contributed by atoms with Crippen LogP contribution >= 0.6 is 0 Å². The minimum atomic E-state index is -1.59. The maximum absolute atomic E-state index is 15.8. The molecule has 1 amide bonds. The van der Waals surface area contributed by atoms with Gasteiger partial charge in [-0.2, -0.15) is 0 Å². The van der Waals surface area contributed by atoms with Crippen molar-refractivity contribution >= 4 is 22.8 Å². The van der Waals surface area contributed by atoms with Gasteiger partial charge in [0, 0.05) is 67.0 Å². The molecule has 1 aromatic heterocycles. The van der Waals surface area contributed by atoms with Crippen LogP contribution in [0.2, 0.25) is 0 Å². The minimum Gasteiger partial charge on any atom is -0.492 e. The quantitative estimate of drug-likeness (QED) is 0.232. The van der Waals surface area contributed by atoms with Crippen molar-refractivity contribution in [3.8, 4) is 5.75 Å². The Morgan fingerprint density at radius 3 is 2.51 bits per heavy atom. The second-order valence-corrected chi connectivity index (χ2v) is 11.8. The molecule has 11 heteroatoms. The van der Waals surface area contributed by atoms with Crippen LogP contribution in [0.3, 0.4) is 0 Å². The van der Waals surface area contributed by atoms with Crippen LogP contribution in [0, 0.1) is 11.6 Å². The molecule has 0 aliphatic carbocycles. The molecule has 2 aromatic carbocycles. The summed E-state index contributed by atoms with van der Waals surface area (Å²) in [5, 5.41) is 9.55. The maximum atomic E-state index is 15.8. The number of nitrogens with zero attached hydrogens (tertiary/aromatic N) is 2.